The van der Waals surface area contributed by atoms with Crippen molar-refractivity contribution in [1.82, 2.24) is 30.0 Å². The maximum absolute atomic E-state index is 9.85. The molecule has 0 spiro atoms. The van der Waals surface area contributed by atoms with E-state index >= 15 is 0 Å². The first kappa shape index (κ1) is 35.6. The molecule has 10 nitrogen and oxygen atoms in total. The lowest BCUT2D eigenvalue weighted by Crippen LogP contribution is -2.34. The molecular weight excluding hydrogens is 687 g/mol. The number of nitrogens with zero attached hydrogens (tertiary/aromatic N) is 4. The number of pyridine rings is 3. The fourth-order valence-corrected chi connectivity index (χ4v) is 7.91. The third-order valence-electron chi connectivity index (χ3n) is 10.2. The van der Waals surface area contributed by atoms with Crippen LogP contribution in [0.1, 0.15) is 62.6 Å². The second-order valence-corrected chi connectivity index (χ2v) is 14.3. The minimum absolute atomic E-state index is 0.185. The number of hydrogen-bond donors (Lipinski definition) is 4. The fourth-order valence-electron chi connectivity index (χ4n) is 7.27. The van der Waals surface area contributed by atoms with Crippen LogP contribution >= 0.6 is 23.2 Å². The highest BCUT2D eigenvalue weighted by Gasteiger charge is 2.22. The van der Waals surface area contributed by atoms with Crippen LogP contribution in [0.2, 0.25) is 10.0 Å². The molecule has 0 saturated heterocycles. The topological polar surface area (TPSA) is 126 Å². The number of benzene rings is 1. The summed E-state index contributed by atoms with van der Waals surface area (Å²) in [5.74, 6) is 1.15. The van der Waals surface area contributed by atoms with Crippen LogP contribution in [0, 0.1) is 0 Å². The van der Waals surface area contributed by atoms with Gasteiger partial charge in [0, 0.05) is 71.6 Å². The first-order valence-corrected chi connectivity index (χ1v) is 18.4. The molecule has 0 atom stereocenters. The van der Waals surface area contributed by atoms with E-state index in [1.165, 1.54) is 0 Å². The summed E-state index contributed by atoms with van der Waals surface area (Å²) in [6.07, 6.45) is 12.4. The van der Waals surface area contributed by atoms with Crippen LogP contribution in [0.5, 0.6) is 11.6 Å². The molecule has 1 aromatic carbocycles. The van der Waals surface area contributed by atoms with Gasteiger partial charge in [-0.2, -0.15) is 0 Å². The van der Waals surface area contributed by atoms with Crippen molar-refractivity contribution in [3.8, 4) is 45.3 Å². The van der Waals surface area contributed by atoms with Crippen LogP contribution in [0.15, 0.2) is 61.1 Å². The van der Waals surface area contributed by atoms with Gasteiger partial charge in [0.1, 0.15) is 0 Å². The van der Waals surface area contributed by atoms with Gasteiger partial charge in [-0.25, -0.2) is 9.97 Å². The predicted molar refractivity (Wildman–Crippen MR) is 200 cm³/mol. The van der Waals surface area contributed by atoms with E-state index in [-0.39, 0.29) is 12.2 Å². The summed E-state index contributed by atoms with van der Waals surface area (Å²) < 4.78 is 13.4. The van der Waals surface area contributed by atoms with E-state index in [9.17, 15) is 10.2 Å². The van der Waals surface area contributed by atoms with E-state index in [1.807, 2.05) is 59.3 Å². The van der Waals surface area contributed by atoms with Crippen LogP contribution in [0.25, 0.3) is 39.3 Å². The number of halogens is 2. The van der Waals surface area contributed by atoms with Gasteiger partial charge in [0.15, 0.2) is 11.4 Å². The summed E-state index contributed by atoms with van der Waals surface area (Å²) in [5, 5.41) is 27.9. The lowest BCUT2D eigenvalue weighted by Gasteiger charge is -2.26. The van der Waals surface area contributed by atoms with E-state index in [2.05, 4.69) is 15.6 Å². The van der Waals surface area contributed by atoms with Gasteiger partial charge in [-0.05, 0) is 69.6 Å². The number of methoxy groups -OCH3 is 2. The van der Waals surface area contributed by atoms with E-state index < -0.39 is 0 Å². The monoisotopic (exact) mass is 730 g/mol. The van der Waals surface area contributed by atoms with Gasteiger partial charge in [-0.3, -0.25) is 4.98 Å². The molecule has 2 fully saturated rings. The third-order valence-corrected chi connectivity index (χ3v) is 11.0. The van der Waals surface area contributed by atoms with E-state index in [0.29, 0.717) is 63.9 Å². The van der Waals surface area contributed by atoms with E-state index in [1.54, 1.807) is 20.4 Å². The van der Waals surface area contributed by atoms with Gasteiger partial charge in [-0.15, -0.1) is 0 Å². The van der Waals surface area contributed by atoms with Crippen molar-refractivity contribution in [3.05, 3.63) is 82.4 Å². The molecule has 0 amide bonds. The van der Waals surface area contributed by atoms with Crippen molar-refractivity contribution in [2.75, 3.05) is 14.2 Å². The zero-order valence-electron chi connectivity index (χ0n) is 28.9. The van der Waals surface area contributed by atoms with Crippen molar-refractivity contribution in [1.29, 1.82) is 0 Å². The van der Waals surface area contributed by atoms with Gasteiger partial charge in [-0.1, -0.05) is 47.5 Å². The first-order valence-electron chi connectivity index (χ1n) is 17.7. The molecule has 4 heterocycles. The first-order chi connectivity index (χ1) is 24.8. The number of aliphatic hydroxyl groups excluding tert-OH is 2. The maximum atomic E-state index is 9.85. The van der Waals surface area contributed by atoms with Crippen LogP contribution in [-0.2, 0) is 13.1 Å². The Morgan fingerprint density at radius 3 is 2.12 bits per heavy atom. The normalized spacial score (nSPS) is 20.8. The molecule has 2 saturated carbocycles. The number of aromatic nitrogens is 4. The molecule has 2 aliphatic carbocycles. The zero-order valence-corrected chi connectivity index (χ0v) is 30.4. The predicted octanol–water partition coefficient (Wildman–Crippen LogP) is 7.24. The lowest BCUT2D eigenvalue weighted by atomic mass is 9.93. The SMILES string of the molecule is COc1nc(-c2cccc(-c3ccnc(-c4cc(OC)c5nc(CN[C@H]6CC[C@@H](O)CC6)cn5c4)c3Cl)c2Cl)ccc1CN[C@H]1CC[C@H](O)CC1. The Morgan fingerprint density at radius 1 is 0.765 bits per heavy atom. The summed E-state index contributed by atoms with van der Waals surface area (Å²) in [6, 6.07) is 14.3. The van der Waals surface area contributed by atoms with Crippen LogP contribution in [0.3, 0.4) is 0 Å². The van der Waals surface area contributed by atoms with Gasteiger partial charge < -0.3 is 34.7 Å². The highest BCUT2D eigenvalue weighted by Crippen LogP contribution is 2.42. The van der Waals surface area contributed by atoms with Crippen LogP contribution < -0.4 is 20.1 Å². The van der Waals surface area contributed by atoms with Crippen molar-refractivity contribution >= 4 is 28.8 Å². The Balaban J connectivity index is 1.14. The van der Waals surface area contributed by atoms with Gasteiger partial charge in [0.25, 0.3) is 0 Å². The number of ether oxygens (including phenoxy) is 2. The number of nitrogens with one attached hydrogen (secondary N) is 2. The number of aliphatic hydroxyl groups is 2. The molecule has 12 heteroatoms. The molecule has 0 bridgehead atoms. The minimum atomic E-state index is -0.187. The molecule has 0 aliphatic heterocycles. The van der Waals surface area contributed by atoms with Crippen molar-refractivity contribution in [3.63, 3.8) is 0 Å². The van der Waals surface area contributed by atoms with Gasteiger partial charge in [0.05, 0.1) is 53.6 Å². The average molecular weight is 732 g/mol. The second kappa shape index (κ2) is 15.9. The van der Waals surface area contributed by atoms with Crippen molar-refractivity contribution in [2.24, 2.45) is 0 Å². The van der Waals surface area contributed by atoms with E-state index in [4.69, 9.17) is 42.6 Å². The molecular formula is C39H44Cl2N6O4. The number of imidazole rings is 1. The summed E-state index contributed by atoms with van der Waals surface area (Å²) in [7, 11) is 3.26. The maximum Gasteiger partial charge on any atom is 0.218 e. The van der Waals surface area contributed by atoms with Crippen LogP contribution in [0.4, 0.5) is 0 Å². The molecule has 51 heavy (non-hydrogen) atoms. The lowest BCUT2D eigenvalue weighted by molar-refractivity contribution is 0.116. The standard InChI is InChI=1S/C39H44Cl2N6O4/c1-50-34-18-24(21-47-22-27(45-38(34)47)20-44-26-9-13-29(49)14-10-26)37-36(41)31(16-17-42-37)30-4-3-5-32(35(30)40)33-15-6-23(39(46-33)51-2)19-43-25-7-11-28(48)12-8-25/h3-6,15-18,21-22,25-26,28-29,43-44,48-49H,7-14,19-20H2,1-2H3/t25-,26-,28-,29+. The third kappa shape index (κ3) is 7.87. The second-order valence-electron chi connectivity index (χ2n) is 13.6. The Kier molecular flexibility index (Phi) is 11.1. The van der Waals surface area contributed by atoms with Crippen LogP contribution in [-0.4, -0.2) is 68.1 Å². The average Bonchev–Trinajstić information content (AvgIpc) is 3.57. The summed E-state index contributed by atoms with van der Waals surface area (Å²) in [6.45, 7) is 1.25. The highest BCUT2D eigenvalue weighted by molar-refractivity contribution is 6.39. The molecule has 268 valence electrons. The number of rotatable bonds is 11. The number of fused-ring (bicyclic) bond motifs is 1. The molecule has 4 N–H and O–H groups in total. The zero-order chi connectivity index (χ0) is 35.5. The van der Waals surface area contributed by atoms with Gasteiger partial charge in [0.2, 0.25) is 5.88 Å². The number of hydrogen-bond acceptors (Lipinski definition) is 9. The minimum Gasteiger partial charge on any atom is -0.493 e. The molecule has 5 aromatic rings. The summed E-state index contributed by atoms with van der Waals surface area (Å²) in [4.78, 5) is 14.4. The Labute approximate surface area is 308 Å². The Hall–Kier alpha value is -3.77. The summed E-state index contributed by atoms with van der Waals surface area (Å²) in [5.41, 5.74) is 6.88. The molecule has 0 unspecified atom stereocenters. The fraction of sp³-hybridized carbons (Fsp3) is 0.410. The molecule has 4 aromatic heterocycles. The van der Waals surface area contributed by atoms with Crippen molar-refractivity contribution in [2.45, 2.75) is 88.7 Å². The Morgan fingerprint density at radius 2 is 1.43 bits per heavy atom. The van der Waals surface area contributed by atoms with Crippen molar-refractivity contribution < 1.29 is 19.7 Å². The quantitative estimate of drug-likeness (QED) is 0.111. The molecule has 0 radical (unpaired) electrons. The van der Waals surface area contributed by atoms with Gasteiger partial charge >= 0.3 is 0 Å². The largest absolute Gasteiger partial charge is 0.493 e. The molecule has 2 aliphatic rings. The highest BCUT2D eigenvalue weighted by atomic mass is 35.5. The van der Waals surface area contributed by atoms with E-state index in [0.717, 1.165) is 84.9 Å². The Bertz CT molecular complexity index is 1990. The smallest absolute Gasteiger partial charge is 0.218 e. The molecule has 7 rings (SSSR count). The summed E-state index contributed by atoms with van der Waals surface area (Å²) >= 11 is 14.3.